The maximum atomic E-state index is 13.6. The second kappa shape index (κ2) is 11.8. The molecule has 2 aromatic heterocycles. The number of aryl methyl sites for hydroxylation is 2. The molecule has 6 heteroatoms. The lowest BCUT2D eigenvalue weighted by Gasteiger charge is -2.15. The number of carbonyl (C=O) groups is 1. The maximum absolute atomic E-state index is 13.6. The number of hydrogen-bond donors (Lipinski definition) is 2. The van der Waals surface area contributed by atoms with E-state index in [1.165, 1.54) is 0 Å². The molecule has 4 rings (SSSR count). The molecule has 0 unspecified atom stereocenters. The van der Waals surface area contributed by atoms with Gasteiger partial charge in [0.25, 0.3) is 5.91 Å². The van der Waals surface area contributed by atoms with Gasteiger partial charge in [0.05, 0.1) is 29.1 Å². The summed E-state index contributed by atoms with van der Waals surface area (Å²) < 4.78 is 5.71. The molecule has 198 valence electrons. The number of ether oxygens (including phenoxy) is 1. The number of amides is 1. The van der Waals surface area contributed by atoms with Crippen molar-refractivity contribution in [2.24, 2.45) is 0 Å². The molecule has 0 fully saturated rings. The predicted octanol–water partition coefficient (Wildman–Crippen LogP) is 7.57. The molecule has 39 heavy (non-hydrogen) atoms. The summed E-state index contributed by atoms with van der Waals surface area (Å²) in [7, 11) is 0. The number of rotatable bonds is 9. The van der Waals surface area contributed by atoms with Crippen LogP contribution < -0.4 is 10.6 Å². The smallest absolute Gasteiger partial charge is 0.256 e. The molecule has 6 nitrogen and oxygen atoms in total. The number of carbonyl (C=O) groups excluding carboxylic acids is 1. The van der Waals surface area contributed by atoms with Gasteiger partial charge in [-0.15, -0.1) is 0 Å². The van der Waals surface area contributed by atoms with Gasteiger partial charge in [-0.05, 0) is 87.7 Å². The van der Waals surface area contributed by atoms with Crippen molar-refractivity contribution in [2.75, 3.05) is 11.9 Å². The minimum Gasteiger partial charge on any atom is -0.465 e. The minimum atomic E-state index is -0.203. The van der Waals surface area contributed by atoms with Crippen LogP contribution in [-0.4, -0.2) is 22.4 Å². The van der Waals surface area contributed by atoms with Crippen LogP contribution in [0.15, 0.2) is 97.2 Å². The number of allylic oxidation sites excluding steroid dienone is 2. The van der Waals surface area contributed by atoms with Crippen molar-refractivity contribution in [2.45, 2.75) is 34.6 Å². The largest absolute Gasteiger partial charge is 0.465 e. The van der Waals surface area contributed by atoms with Gasteiger partial charge in [0.1, 0.15) is 5.76 Å². The van der Waals surface area contributed by atoms with Crippen LogP contribution in [-0.2, 0) is 4.74 Å². The zero-order chi connectivity index (χ0) is 28.1. The molecular formula is C33H34N4O2. The van der Waals surface area contributed by atoms with E-state index in [1.54, 1.807) is 12.4 Å². The van der Waals surface area contributed by atoms with Crippen LogP contribution in [0.1, 0.15) is 47.8 Å². The molecule has 0 saturated heterocycles. The van der Waals surface area contributed by atoms with E-state index >= 15 is 0 Å². The third-order valence-corrected chi connectivity index (χ3v) is 6.44. The number of pyridine rings is 2. The number of hydrogen-bond acceptors (Lipinski definition) is 5. The standard InChI is InChI=1S/C33H34N4O2/c1-20(2)25(7)39-23(5)18-35-24(6)26-10-12-28(13-11-26)36-33(38)30-17-31(27-9-8-14-34-19-27)37-32-22(4)15-21(3)16-29(30)32/h8-17,19,35H,5-6,18H2,1-4,7H3,(H,36,38). The highest BCUT2D eigenvalue weighted by Gasteiger charge is 2.16. The van der Waals surface area contributed by atoms with Crippen molar-refractivity contribution in [1.82, 2.24) is 15.3 Å². The first-order chi connectivity index (χ1) is 18.6. The first-order valence-corrected chi connectivity index (χ1v) is 12.8. The van der Waals surface area contributed by atoms with Gasteiger partial charge < -0.3 is 15.4 Å². The zero-order valence-electron chi connectivity index (χ0n) is 23.2. The van der Waals surface area contributed by atoms with Crippen LogP contribution in [0.3, 0.4) is 0 Å². The molecule has 2 heterocycles. The Balaban J connectivity index is 1.53. The molecule has 0 aliphatic carbocycles. The summed E-state index contributed by atoms with van der Waals surface area (Å²) in [5.74, 6) is 1.25. The monoisotopic (exact) mass is 518 g/mol. The number of anilines is 1. The van der Waals surface area contributed by atoms with Gasteiger partial charge in [-0.25, -0.2) is 4.98 Å². The van der Waals surface area contributed by atoms with E-state index in [1.807, 2.05) is 83.1 Å². The lowest BCUT2D eigenvalue weighted by atomic mass is 9.99. The van der Waals surface area contributed by atoms with Gasteiger partial charge >= 0.3 is 0 Å². The number of fused-ring (bicyclic) bond motifs is 1. The van der Waals surface area contributed by atoms with E-state index in [0.29, 0.717) is 29.2 Å². The first kappa shape index (κ1) is 27.3. The minimum absolute atomic E-state index is 0.203. The highest BCUT2D eigenvalue weighted by molar-refractivity contribution is 6.13. The van der Waals surface area contributed by atoms with Crippen molar-refractivity contribution in [3.63, 3.8) is 0 Å². The van der Waals surface area contributed by atoms with Gasteiger partial charge in [0.15, 0.2) is 0 Å². The van der Waals surface area contributed by atoms with Crippen molar-refractivity contribution >= 4 is 28.2 Å². The van der Waals surface area contributed by atoms with Crippen molar-refractivity contribution in [1.29, 1.82) is 0 Å². The molecule has 2 aromatic carbocycles. The van der Waals surface area contributed by atoms with E-state index in [2.05, 4.69) is 34.8 Å². The fourth-order valence-electron chi connectivity index (χ4n) is 4.15. The van der Waals surface area contributed by atoms with E-state index < -0.39 is 0 Å². The second-order valence-electron chi connectivity index (χ2n) is 9.84. The lowest BCUT2D eigenvalue weighted by molar-refractivity contribution is 0.102. The Kier molecular flexibility index (Phi) is 8.25. The van der Waals surface area contributed by atoms with E-state index in [-0.39, 0.29) is 5.91 Å². The fraction of sp³-hybridized carbons (Fsp3) is 0.182. The summed E-state index contributed by atoms with van der Waals surface area (Å²) in [4.78, 5) is 22.6. The van der Waals surface area contributed by atoms with Crippen LogP contribution in [0.25, 0.3) is 27.9 Å². The molecule has 0 atom stereocenters. The van der Waals surface area contributed by atoms with E-state index in [9.17, 15) is 4.79 Å². The van der Waals surface area contributed by atoms with Crippen molar-refractivity contribution in [3.8, 4) is 11.3 Å². The van der Waals surface area contributed by atoms with Gasteiger partial charge in [-0.3, -0.25) is 9.78 Å². The highest BCUT2D eigenvalue weighted by atomic mass is 16.5. The van der Waals surface area contributed by atoms with Gasteiger partial charge in [0, 0.05) is 34.7 Å². The van der Waals surface area contributed by atoms with E-state index in [4.69, 9.17) is 9.72 Å². The topological polar surface area (TPSA) is 76.1 Å². The highest BCUT2D eigenvalue weighted by Crippen LogP contribution is 2.28. The Bertz CT molecular complexity index is 1580. The molecule has 0 spiro atoms. The molecular weight excluding hydrogens is 484 g/mol. The molecule has 1 amide bonds. The summed E-state index contributed by atoms with van der Waals surface area (Å²) in [5.41, 5.74) is 8.43. The summed E-state index contributed by atoms with van der Waals surface area (Å²) in [6.45, 7) is 18.5. The number of benzene rings is 2. The van der Waals surface area contributed by atoms with E-state index in [0.717, 1.165) is 50.2 Å². The summed E-state index contributed by atoms with van der Waals surface area (Å²) >= 11 is 0. The van der Waals surface area contributed by atoms with Crippen LogP contribution >= 0.6 is 0 Å². The maximum Gasteiger partial charge on any atom is 0.256 e. The Morgan fingerprint density at radius 3 is 2.41 bits per heavy atom. The Labute approximate surface area is 230 Å². The average molecular weight is 519 g/mol. The molecule has 0 bridgehead atoms. The Hall–Kier alpha value is -4.71. The van der Waals surface area contributed by atoms with Gasteiger partial charge in [-0.2, -0.15) is 0 Å². The van der Waals surface area contributed by atoms with Crippen LogP contribution in [0, 0.1) is 13.8 Å². The van der Waals surface area contributed by atoms with Gasteiger partial charge in [-0.1, -0.05) is 36.9 Å². The normalized spacial score (nSPS) is 10.6. The molecule has 0 aliphatic heterocycles. The summed E-state index contributed by atoms with van der Waals surface area (Å²) in [6.07, 6.45) is 3.47. The number of aromatic nitrogens is 2. The average Bonchev–Trinajstić information content (AvgIpc) is 2.92. The summed E-state index contributed by atoms with van der Waals surface area (Å²) in [6, 6.07) is 17.3. The van der Waals surface area contributed by atoms with Crippen LogP contribution in [0.4, 0.5) is 5.69 Å². The molecule has 0 aliphatic rings. The SMILES string of the molecule is C=C(CNC(=C)c1ccc(NC(=O)c2cc(-c3cccnc3)nc3c(C)cc(C)cc23)cc1)OC(C)=C(C)C. The Morgan fingerprint density at radius 2 is 1.74 bits per heavy atom. The lowest BCUT2D eigenvalue weighted by Crippen LogP contribution is -2.16. The third-order valence-electron chi connectivity index (χ3n) is 6.44. The number of nitrogens with one attached hydrogen (secondary N) is 2. The second-order valence-corrected chi connectivity index (χ2v) is 9.84. The van der Waals surface area contributed by atoms with Gasteiger partial charge in [0.2, 0.25) is 0 Å². The first-order valence-electron chi connectivity index (χ1n) is 12.8. The zero-order valence-corrected chi connectivity index (χ0v) is 23.2. The van der Waals surface area contributed by atoms with Crippen LogP contribution in [0.5, 0.6) is 0 Å². The Morgan fingerprint density at radius 1 is 1.00 bits per heavy atom. The van der Waals surface area contributed by atoms with Crippen molar-refractivity contribution < 1.29 is 9.53 Å². The molecule has 0 saturated carbocycles. The predicted molar refractivity (Wildman–Crippen MR) is 160 cm³/mol. The van der Waals surface area contributed by atoms with Crippen LogP contribution in [0.2, 0.25) is 0 Å². The van der Waals surface area contributed by atoms with Crippen molar-refractivity contribution in [3.05, 3.63) is 119 Å². The molecule has 0 radical (unpaired) electrons. The quantitative estimate of drug-likeness (QED) is 0.224. The number of nitrogens with zero attached hydrogens (tertiary/aromatic N) is 2. The molecule has 2 N–H and O–H groups in total. The molecule has 4 aromatic rings. The third kappa shape index (κ3) is 6.60. The summed E-state index contributed by atoms with van der Waals surface area (Å²) in [5, 5.41) is 7.10. The fourth-order valence-corrected chi connectivity index (χ4v) is 4.15.